The maximum atomic E-state index is 10.5. The number of hydrogen-bond acceptors (Lipinski definition) is 3. The van der Waals surface area contributed by atoms with Gasteiger partial charge in [0.25, 0.3) is 0 Å². The van der Waals surface area contributed by atoms with Crippen LogP contribution in [0.1, 0.15) is 36.3 Å². The summed E-state index contributed by atoms with van der Waals surface area (Å²) < 4.78 is 7.69. The van der Waals surface area contributed by atoms with E-state index in [1.165, 1.54) is 23.8 Å². The monoisotopic (exact) mass is 395 g/mol. The fraction of sp³-hybridized carbons (Fsp3) is 0.412. The second-order valence-corrected chi connectivity index (χ2v) is 6.40. The molecule has 2 saturated heterocycles. The average Bonchev–Trinajstić information content (AvgIpc) is 2.90. The van der Waals surface area contributed by atoms with Crippen LogP contribution in [-0.4, -0.2) is 24.1 Å². The molecule has 0 saturated carbocycles. The summed E-state index contributed by atoms with van der Waals surface area (Å²) in [6, 6.07) is 9.56. The van der Waals surface area contributed by atoms with Gasteiger partial charge in [-0.05, 0) is 40.5 Å². The Morgan fingerprint density at radius 2 is 2.10 bits per heavy atom. The second kappa shape index (κ2) is 6.77. The van der Waals surface area contributed by atoms with E-state index < -0.39 is 0 Å². The van der Waals surface area contributed by atoms with E-state index in [9.17, 15) is 4.79 Å². The number of piperidine rings is 1. The first-order valence-corrected chi connectivity index (χ1v) is 8.54. The normalized spacial score (nSPS) is 31.1. The van der Waals surface area contributed by atoms with Crippen molar-refractivity contribution in [3.63, 3.8) is 0 Å². The van der Waals surface area contributed by atoms with Gasteiger partial charge in [-0.25, -0.2) is 4.79 Å². The molecule has 2 fully saturated rings. The first-order valence-electron chi connectivity index (χ1n) is 7.29. The maximum Gasteiger partial charge on any atom is 0.167 e. The van der Waals surface area contributed by atoms with Crippen molar-refractivity contribution >= 4 is 34.6 Å². The lowest BCUT2D eigenvalue weighted by molar-refractivity contribution is 0.0639. The number of fused-ring (bicyclic) bond motifs is 2. The largest absolute Gasteiger partial charge is 0.484 e. The summed E-state index contributed by atoms with van der Waals surface area (Å²) in [4.78, 5) is 10.5. The third kappa shape index (κ3) is 3.23. The topological polar surface area (TPSA) is 38.3 Å². The predicted octanol–water partition coefficient (Wildman–Crippen LogP) is 3.43. The second-order valence-electron chi connectivity index (χ2n) is 5.69. The van der Waals surface area contributed by atoms with Crippen molar-refractivity contribution in [3.8, 4) is 0 Å². The van der Waals surface area contributed by atoms with E-state index in [1.807, 2.05) is 4.08 Å². The van der Waals surface area contributed by atoms with E-state index in [2.05, 4.69) is 58.2 Å². The molecule has 0 amide bonds. The van der Waals surface area contributed by atoms with Crippen LogP contribution in [0.25, 0.3) is 6.08 Å². The Bertz CT molecular complexity index is 563. The highest BCUT2D eigenvalue weighted by Crippen LogP contribution is 2.39. The van der Waals surface area contributed by atoms with E-state index >= 15 is 0 Å². The van der Waals surface area contributed by atoms with Gasteiger partial charge in [0.2, 0.25) is 0 Å². The van der Waals surface area contributed by atoms with Crippen LogP contribution in [0.15, 0.2) is 34.6 Å². The molecule has 0 spiro atoms. The molecule has 2 aliphatic heterocycles. The maximum absolute atomic E-state index is 10.5. The lowest BCUT2D eigenvalue weighted by atomic mass is 9.83. The predicted molar refractivity (Wildman–Crippen MR) is 91.9 cm³/mol. The van der Waals surface area contributed by atoms with Crippen LogP contribution < -0.4 is 5.32 Å². The van der Waals surface area contributed by atoms with Gasteiger partial charge in [-0.3, -0.25) is 0 Å². The van der Waals surface area contributed by atoms with E-state index in [-0.39, 0.29) is 6.10 Å². The first kappa shape index (κ1) is 14.8. The molecule has 21 heavy (non-hydrogen) atoms. The number of ether oxygens (including phenoxy) is 1. The molecule has 0 unspecified atom stereocenters. The SMILES string of the molecule is O=C=CO[C@H]1[C@@H](c2ccc(/C=C\I)cc2)C[C@@H]2CC[C@H]1N2. The van der Waals surface area contributed by atoms with Crippen LogP contribution in [-0.2, 0) is 9.53 Å². The summed E-state index contributed by atoms with van der Waals surface area (Å²) in [6.45, 7) is 0. The van der Waals surface area contributed by atoms with Gasteiger partial charge in [-0.1, -0.05) is 46.9 Å². The Hall–Kier alpha value is -1.10. The molecule has 3 nitrogen and oxygen atoms in total. The van der Waals surface area contributed by atoms with Crippen LogP contribution in [0, 0.1) is 0 Å². The van der Waals surface area contributed by atoms with Gasteiger partial charge in [0.05, 0.1) is 0 Å². The number of benzene rings is 1. The van der Waals surface area contributed by atoms with Crippen molar-refractivity contribution in [2.45, 2.75) is 43.4 Å². The Balaban J connectivity index is 1.84. The van der Waals surface area contributed by atoms with E-state index in [0.29, 0.717) is 18.0 Å². The zero-order valence-electron chi connectivity index (χ0n) is 11.7. The zero-order chi connectivity index (χ0) is 14.7. The van der Waals surface area contributed by atoms with Crippen molar-refractivity contribution in [1.29, 1.82) is 0 Å². The molecular weight excluding hydrogens is 377 g/mol. The summed E-state index contributed by atoms with van der Waals surface area (Å²) in [5.74, 6) is 2.08. The summed E-state index contributed by atoms with van der Waals surface area (Å²) in [5, 5.41) is 3.59. The number of nitrogens with one attached hydrogen (secondary N) is 1. The minimum Gasteiger partial charge on any atom is -0.484 e. The summed E-state index contributed by atoms with van der Waals surface area (Å²) in [6.07, 6.45) is 6.66. The molecule has 0 aliphatic carbocycles. The Morgan fingerprint density at radius 1 is 1.29 bits per heavy atom. The van der Waals surface area contributed by atoms with Crippen LogP contribution in [0.3, 0.4) is 0 Å². The highest BCUT2D eigenvalue weighted by Gasteiger charge is 2.43. The minimum atomic E-state index is 0.0242. The molecule has 2 bridgehead atoms. The van der Waals surface area contributed by atoms with Crippen LogP contribution in [0.2, 0.25) is 0 Å². The van der Waals surface area contributed by atoms with Crippen molar-refractivity contribution in [3.05, 3.63) is 45.7 Å². The number of hydrogen-bond donors (Lipinski definition) is 1. The molecular formula is C17H18INO2. The van der Waals surface area contributed by atoms with Crippen molar-refractivity contribution < 1.29 is 9.53 Å². The summed E-state index contributed by atoms with van der Waals surface area (Å²) >= 11 is 2.23. The molecule has 2 aliphatic rings. The Morgan fingerprint density at radius 3 is 2.81 bits per heavy atom. The summed E-state index contributed by atoms with van der Waals surface area (Å²) in [5.41, 5.74) is 2.50. The minimum absolute atomic E-state index is 0.0242. The lowest BCUT2D eigenvalue weighted by Crippen LogP contribution is -2.48. The summed E-state index contributed by atoms with van der Waals surface area (Å²) in [7, 11) is 0. The molecule has 110 valence electrons. The van der Waals surface area contributed by atoms with Crippen molar-refractivity contribution in [2.75, 3.05) is 0 Å². The van der Waals surface area contributed by atoms with Crippen molar-refractivity contribution in [1.82, 2.24) is 5.32 Å². The van der Waals surface area contributed by atoms with Crippen LogP contribution >= 0.6 is 22.6 Å². The molecule has 1 aromatic rings. The molecule has 3 rings (SSSR count). The zero-order valence-corrected chi connectivity index (χ0v) is 13.8. The number of rotatable bonds is 4. The van der Waals surface area contributed by atoms with E-state index in [0.717, 1.165) is 12.8 Å². The van der Waals surface area contributed by atoms with Gasteiger partial charge in [-0.2, -0.15) is 0 Å². The average molecular weight is 395 g/mol. The number of halogens is 1. The third-order valence-electron chi connectivity index (χ3n) is 4.50. The molecule has 1 aromatic carbocycles. The fourth-order valence-corrected chi connectivity index (χ4v) is 3.98. The molecule has 2 heterocycles. The van der Waals surface area contributed by atoms with E-state index in [4.69, 9.17) is 4.74 Å². The molecule has 1 N–H and O–H groups in total. The van der Waals surface area contributed by atoms with Gasteiger partial charge in [-0.15, -0.1) is 0 Å². The van der Waals surface area contributed by atoms with Crippen LogP contribution in [0.5, 0.6) is 0 Å². The Labute approximate surface area is 138 Å². The van der Waals surface area contributed by atoms with Gasteiger partial charge < -0.3 is 10.1 Å². The van der Waals surface area contributed by atoms with Gasteiger partial charge in [0.1, 0.15) is 6.10 Å². The number of carbonyl (C=O) groups excluding carboxylic acids is 1. The molecule has 4 heteroatoms. The first-order chi connectivity index (χ1) is 10.3. The van der Waals surface area contributed by atoms with Gasteiger partial charge in [0, 0.05) is 18.0 Å². The smallest absolute Gasteiger partial charge is 0.167 e. The quantitative estimate of drug-likeness (QED) is 0.482. The highest BCUT2D eigenvalue weighted by molar-refractivity contribution is 14.1. The van der Waals surface area contributed by atoms with Gasteiger partial charge in [0.15, 0.2) is 12.2 Å². The van der Waals surface area contributed by atoms with Crippen LogP contribution in [0.4, 0.5) is 0 Å². The molecule has 4 atom stereocenters. The molecule has 0 radical (unpaired) electrons. The standard InChI is InChI=1S/C17H18INO2/c18-8-7-12-1-3-13(4-2-12)15-11-14-5-6-16(19-14)17(15)21-10-9-20/h1-4,7-8,10,14-17,19H,5-6,11H2/b8-7-/t14-,15+,16+,17-/m0/s1. The molecule has 0 aromatic heterocycles. The fourth-order valence-electron chi connectivity index (χ4n) is 3.57. The van der Waals surface area contributed by atoms with Gasteiger partial charge >= 0.3 is 0 Å². The highest BCUT2D eigenvalue weighted by atomic mass is 127. The van der Waals surface area contributed by atoms with E-state index in [1.54, 1.807) is 5.94 Å². The van der Waals surface area contributed by atoms with Crippen molar-refractivity contribution in [2.24, 2.45) is 0 Å². The third-order valence-corrected chi connectivity index (χ3v) is 4.86. The lowest BCUT2D eigenvalue weighted by Gasteiger charge is -2.36. The Kier molecular flexibility index (Phi) is 4.78.